The first kappa shape index (κ1) is 13.7. The molecule has 14 heavy (non-hydrogen) atoms. The molecule has 4 heteroatoms. The molecule has 0 radical (unpaired) electrons. The molecular formula is C10H20ClNO2. The van der Waals surface area contributed by atoms with Crippen LogP contribution in [0, 0.1) is 0 Å². The van der Waals surface area contributed by atoms with Crippen molar-refractivity contribution in [1.82, 2.24) is 0 Å². The fourth-order valence-electron chi connectivity index (χ4n) is 1.60. The van der Waals surface area contributed by atoms with Crippen molar-refractivity contribution >= 4 is 18.4 Å². The minimum Gasteiger partial charge on any atom is -0.461 e. The van der Waals surface area contributed by atoms with Gasteiger partial charge in [-0.05, 0) is 32.1 Å². The van der Waals surface area contributed by atoms with Gasteiger partial charge in [-0.3, -0.25) is 4.79 Å². The van der Waals surface area contributed by atoms with E-state index in [0.29, 0.717) is 6.42 Å². The summed E-state index contributed by atoms with van der Waals surface area (Å²) in [5.74, 6) is -0.227. The highest BCUT2D eigenvalue weighted by Crippen LogP contribution is 2.20. The summed E-state index contributed by atoms with van der Waals surface area (Å²) in [6, 6.07) is -0.429. The van der Waals surface area contributed by atoms with Gasteiger partial charge in [0.25, 0.3) is 0 Å². The number of hydrogen-bond acceptors (Lipinski definition) is 3. The molecule has 1 atom stereocenters. The van der Waals surface area contributed by atoms with Gasteiger partial charge in [-0.1, -0.05) is 13.3 Å². The third-order valence-corrected chi connectivity index (χ3v) is 2.58. The second-order valence-electron chi connectivity index (χ2n) is 3.71. The SMILES string of the molecule is CCC(N)C(=O)OC1CCCCC1.Cl. The van der Waals surface area contributed by atoms with E-state index in [-0.39, 0.29) is 24.5 Å². The van der Waals surface area contributed by atoms with Gasteiger partial charge in [0, 0.05) is 0 Å². The Labute approximate surface area is 91.8 Å². The van der Waals surface area contributed by atoms with Gasteiger partial charge in [-0.15, -0.1) is 12.4 Å². The van der Waals surface area contributed by atoms with Crippen molar-refractivity contribution in [3.05, 3.63) is 0 Å². The fraction of sp³-hybridized carbons (Fsp3) is 0.900. The van der Waals surface area contributed by atoms with Crippen LogP contribution < -0.4 is 5.73 Å². The molecule has 0 amide bonds. The Hall–Kier alpha value is -0.280. The van der Waals surface area contributed by atoms with Gasteiger partial charge in [0.05, 0.1) is 0 Å². The zero-order valence-corrected chi connectivity index (χ0v) is 9.52. The number of hydrogen-bond donors (Lipinski definition) is 1. The number of rotatable bonds is 3. The zero-order chi connectivity index (χ0) is 9.68. The molecule has 0 heterocycles. The highest BCUT2D eigenvalue weighted by molar-refractivity contribution is 5.85. The molecule has 0 spiro atoms. The van der Waals surface area contributed by atoms with Gasteiger partial charge in [0.1, 0.15) is 12.1 Å². The van der Waals surface area contributed by atoms with E-state index in [1.54, 1.807) is 0 Å². The van der Waals surface area contributed by atoms with Crippen LogP contribution >= 0.6 is 12.4 Å². The molecule has 0 saturated heterocycles. The van der Waals surface area contributed by atoms with Gasteiger partial charge in [-0.2, -0.15) is 0 Å². The summed E-state index contributed by atoms with van der Waals surface area (Å²) in [7, 11) is 0. The van der Waals surface area contributed by atoms with E-state index >= 15 is 0 Å². The van der Waals surface area contributed by atoms with Gasteiger partial charge >= 0.3 is 5.97 Å². The smallest absolute Gasteiger partial charge is 0.323 e. The van der Waals surface area contributed by atoms with Crippen molar-refractivity contribution in [1.29, 1.82) is 0 Å². The van der Waals surface area contributed by atoms with Gasteiger partial charge in [0.2, 0.25) is 0 Å². The van der Waals surface area contributed by atoms with Crippen LogP contribution in [0.15, 0.2) is 0 Å². The number of carbonyl (C=O) groups excluding carboxylic acids is 1. The Morgan fingerprint density at radius 2 is 2.00 bits per heavy atom. The lowest BCUT2D eigenvalue weighted by Crippen LogP contribution is -2.34. The summed E-state index contributed by atoms with van der Waals surface area (Å²) >= 11 is 0. The first-order valence-electron chi connectivity index (χ1n) is 5.20. The molecule has 0 aromatic carbocycles. The first-order chi connectivity index (χ1) is 6.24. The van der Waals surface area contributed by atoms with Crippen LogP contribution in [0.3, 0.4) is 0 Å². The minimum atomic E-state index is -0.429. The van der Waals surface area contributed by atoms with Crippen molar-refractivity contribution in [3.8, 4) is 0 Å². The third-order valence-electron chi connectivity index (χ3n) is 2.58. The molecule has 1 aliphatic rings. The Balaban J connectivity index is 0.00000169. The first-order valence-corrected chi connectivity index (χ1v) is 5.20. The molecule has 0 aromatic rings. The number of halogens is 1. The van der Waals surface area contributed by atoms with E-state index in [1.165, 1.54) is 19.3 Å². The highest BCUT2D eigenvalue weighted by Gasteiger charge is 2.20. The molecule has 1 fully saturated rings. The second-order valence-corrected chi connectivity index (χ2v) is 3.71. The Morgan fingerprint density at radius 1 is 1.43 bits per heavy atom. The Morgan fingerprint density at radius 3 is 2.50 bits per heavy atom. The Kier molecular flexibility index (Phi) is 6.93. The van der Waals surface area contributed by atoms with Crippen LogP contribution in [-0.2, 0) is 9.53 Å². The summed E-state index contributed by atoms with van der Waals surface area (Å²) < 4.78 is 5.28. The average molecular weight is 222 g/mol. The summed E-state index contributed by atoms with van der Waals surface area (Å²) in [5, 5.41) is 0. The predicted octanol–water partition coefficient (Wildman–Crippen LogP) is 2.02. The summed E-state index contributed by atoms with van der Waals surface area (Å²) in [6.45, 7) is 1.90. The molecule has 3 nitrogen and oxygen atoms in total. The van der Waals surface area contributed by atoms with Crippen LogP contribution in [0.2, 0.25) is 0 Å². The number of carbonyl (C=O) groups is 1. The quantitative estimate of drug-likeness (QED) is 0.742. The minimum absolute atomic E-state index is 0. The van der Waals surface area contributed by atoms with Gasteiger partial charge < -0.3 is 10.5 Å². The monoisotopic (exact) mass is 221 g/mol. The summed E-state index contributed by atoms with van der Waals surface area (Å²) in [6.07, 6.45) is 6.46. The maximum absolute atomic E-state index is 11.3. The molecule has 84 valence electrons. The Bertz CT molecular complexity index is 170. The molecule has 2 N–H and O–H groups in total. The second kappa shape index (κ2) is 7.07. The maximum atomic E-state index is 11.3. The lowest BCUT2D eigenvalue weighted by molar-refractivity contribution is -0.152. The van der Waals surface area contributed by atoms with Gasteiger partial charge in [0.15, 0.2) is 0 Å². The van der Waals surface area contributed by atoms with Crippen LogP contribution in [0.1, 0.15) is 45.4 Å². The third kappa shape index (κ3) is 4.29. The predicted molar refractivity (Wildman–Crippen MR) is 58.5 cm³/mol. The van der Waals surface area contributed by atoms with E-state index in [2.05, 4.69) is 0 Å². The van der Waals surface area contributed by atoms with E-state index in [0.717, 1.165) is 12.8 Å². The van der Waals surface area contributed by atoms with E-state index in [1.807, 2.05) is 6.92 Å². The molecule has 0 bridgehead atoms. The van der Waals surface area contributed by atoms with E-state index in [9.17, 15) is 4.79 Å². The van der Waals surface area contributed by atoms with Crippen molar-refractivity contribution in [3.63, 3.8) is 0 Å². The number of ether oxygens (including phenoxy) is 1. The van der Waals surface area contributed by atoms with Crippen LogP contribution in [0.25, 0.3) is 0 Å². The van der Waals surface area contributed by atoms with Crippen molar-refractivity contribution in [2.75, 3.05) is 0 Å². The number of nitrogens with two attached hydrogens (primary N) is 1. The van der Waals surface area contributed by atoms with Crippen LogP contribution in [0.5, 0.6) is 0 Å². The molecule has 0 aliphatic heterocycles. The summed E-state index contributed by atoms with van der Waals surface area (Å²) in [4.78, 5) is 11.3. The average Bonchev–Trinajstić information content (AvgIpc) is 2.18. The lowest BCUT2D eigenvalue weighted by atomic mass is 9.98. The van der Waals surface area contributed by atoms with E-state index in [4.69, 9.17) is 10.5 Å². The maximum Gasteiger partial charge on any atom is 0.323 e. The van der Waals surface area contributed by atoms with Crippen LogP contribution in [-0.4, -0.2) is 18.1 Å². The fourth-order valence-corrected chi connectivity index (χ4v) is 1.60. The normalized spacial score (nSPS) is 19.6. The lowest BCUT2D eigenvalue weighted by Gasteiger charge is -2.23. The molecule has 1 aliphatic carbocycles. The molecular weight excluding hydrogens is 202 g/mol. The standard InChI is InChI=1S/C10H19NO2.ClH/c1-2-9(11)10(12)13-8-6-4-3-5-7-8;/h8-9H,2-7,11H2,1H3;1H. The highest BCUT2D eigenvalue weighted by atomic mass is 35.5. The van der Waals surface area contributed by atoms with Gasteiger partial charge in [-0.25, -0.2) is 0 Å². The zero-order valence-electron chi connectivity index (χ0n) is 8.70. The summed E-state index contributed by atoms with van der Waals surface area (Å²) in [5.41, 5.74) is 5.56. The van der Waals surface area contributed by atoms with Crippen molar-refractivity contribution < 1.29 is 9.53 Å². The molecule has 1 unspecified atom stereocenters. The number of esters is 1. The van der Waals surface area contributed by atoms with E-state index < -0.39 is 6.04 Å². The largest absolute Gasteiger partial charge is 0.461 e. The molecule has 0 aromatic heterocycles. The molecule has 1 rings (SSSR count). The van der Waals surface area contributed by atoms with Crippen molar-refractivity contribution in [2.24, 2.45) is 5.73 Å². The van der Waals surface area contributed by atoms with Crippen LogP contribution in [0.4, 0.5) is 0 Å². The topological polar surface area (TPSA) is 52.3 Å². The molecule has 1 saturated carbocycles. The van der Waals surface area contributed by atoms with Crippen molar-refractivity contribution in [2.45, 2.75) is 57.6 Å².